The minimum atomic E-state index is -0.460. The normalized spacial score (nSPS) is 9.50. The Bertz CT molecular complexity index is 697. The minimum Gasteiger partial charge on any atom is -0.465 e. The number of carbonyl (C=O) groups is 1. The average molecular weight is 286 g/mol. The Morgan fingerprint density at radius 3 is 2.50 bits per heavy atom. The summed E-state index contributed by atoms with van der Waals surface area (Å²) in [4.78, 5) is 11.7. The second-order valence-electron chi connectivity index (χ2n) is 4.02. The topological polar surface area (TPSA) is 52.3 Å². The molecule has 0 aliphatic carbocycles. The predicted molar refractivity (Wildman–Crippen MR) is 79.6 cm³/mol. The molecule has 2 N–H and O–H groups in total. The van der Waals surface area contributed by atoms with Crippen LogP contribution in [0, 0.1) is 11.8 Å². The molecule has 0 unspecified atom stereocenters. The fraction of sp³-hybridized carbons (Fsp3) is 0.0625. The van der Waals surface area contributed by atoms with Gasteiger partial charge in [-0.25, -0.2) is 4.79 Å². The number of anilines is 1. The zero-order valence-corrected chi connectivity index (χ0v) is 11.6. The molecule has 0 bridgehead atoms. The van der Waals surface area contributed by atoms with E-state index in [0.717, 1.165) is 5.56 Å². The molecule has 3 nitrogen and oxygen atoms in total. The molecule has 0 atom stereocenters. The maximum Gasteiger partial charge on any atom is 0.339 e. The average Bonchev–Trinajstić information content (AvgIpc) is 2.46. The molecule has 2 rings (SSSR count). The van der Waals surface area contributed by atoms with E-state index < -0.39 is 5.97 Å². The Hall–Kier alpha value is -2.44. The third-order valence-electron chi connectivity index (χ3n) is 2.68. The summed E-state index contributed by atoms with van der Waals surface area (Å²) in [5, 5.41) is 0.644. The first-order valence-corrected chi connectivity index (χ1v) is 6.24. The van der Waals surface area contributed by atoms with Crippen molar-refractivity contribution >= 4 is 23.3 Å². The maximum atomic E-state index is 11.7. The first-order valence-electron chi connectivity index (χ1n) is 5.86. The molecule has 0 radical (unpaired) electrons. The van der Waals surface area contributed by atoms with Gasteiger partial charge in [-0.3, -0.25) is 0 Å². The number of halogens is 1. The van der Waals surface area contributed by atoms with Gasteiger partial charge in [0.1, 0.15) is 0 Å². The van der Waals surface area contributed by atoms with E-state index in [9.17, 15) is 4.79 Å². The quantitative estimate of drug-likeness (QED) is 0.498. The molecular formula is C16H12ClNO2. The Morgan fingerprint density at radius 2 is 1.85 bits per heavy atom. The summed E-state index contributed by atoms with van der Waals surface area (Å²) in [7, 11) is 1.32. The van der Waals surface area contributed by atoms with E-state index in [1.165, 1.54) is 7.11 Å². The van der Waals surface area contributed by atoms with Gasteiger partial charge in [-0.15, -0.1) is 0 Å². The summed E-state index contributed by atoms with van der Waals surface area (Å²) in [6.45, 7) is 0. The summed E-state index contributed by atoms with van der Waals surface area (Å²) >= 11 is 5.81. The minimum absolute atomic E-state index is 0.356. The van der Waals surface area contributed by atoms with Crippen LogP contribution in [-0.2, 0) is 4.74 Å². The standard InChI is InChI=1S/C16H12ClNO2/c1-20-16(19)14-3-2-4-15(18)13(14)10-7-11-5-8-12(17)9-6-11/h2-6,8-9H,18H2,1H3. The molecule has 0 aromatic heterocycles. The van der Waals surface area contributed by atoms with Crippen LogP contribution in [0.3, 0.4) is 0 Å². The molecule has 0 heterocycles. The van der Waals surface area contributed by atoms with Gasteiger partial charge in [-0.1, -0.05) is 29.5 Å². The Morgan fingerprint density at radius 1 is 1.15 bits per heavy atom. The van der Waals surface area contributed by atoms with Crippen LogP contribution in [0.25, 0.3) is 0 Å². The van der Waals surface area contributed by atoms with E-state index in [1.807, 2.05) is 0 Å². The molecule has 0 saturated carbocycles. The SMILES string of the molecule is COC(=O)c1cccc(N)c1C#Cc1ccc(Cl)cc1. The summed E-state index contributed by atoms with van der Waals surface area (Å²) in [5.74, 6) is 5.41. The van der Waals surface area contributed by atoms with Crippen LogP contribution >= 0.6 is 11.6 Å². The molecule has 100 valence electrons. The highest BCUT2D eigenvalue weighted by Crippen LogP contribution is 2.17. The molecule has 0 aliphatic rings. The van der Waals surface area contributed by atoms with Crippen LogP contribution in [-0.4, -0.2) is 13.1 Å². The molecular weight excluding hydrogens is 274 g/mol. The first kappa shape index (κ1) is 14.0. The van der Waals surface area contributed by atoms with Crippen molar-refractivity contribution in [3.8, 4) is 11.8 Å². The highest BCUT2D eigenvalue weighted by Gasteiger charge is 2.12. The van der Waals surface area contributed by atoms with Crippen molar-refractivity contribution in [2.24, 2.45) is 0 Å². The second kappa shape index (κ2) is 6.14. The Labute approximate surface area is 122 Å². The van der Waals surface area contributed by atoms with E-state index in [4.69, 9.17) is 22.1 Å². The number of rotatable bonds is 1. The summed E-state index contributed by atoms with van der Waals surface area (Å²) in [6, 6.07) is 12.1. The van der Waals surface area contributed by atoms with Crippen LogP contribution in [0.5, 0.6) is 0 Å². The van der Waals surface area contributed by atoms with Gasteiger partial charge < -0.3 is 10.5 Å². The Balaban J connectivity index is 2.44. The third-order valence-corrected chi connectivity index (χ3v) is 2.93. The number of ether oxygens (including phenoxy) is 1. The number of carbonyl (C=O) groups excluding carboxylic acids is 1. The van der Waals surface area contributed by atoms with Gasteiger partial charge in [0.2, 0.25) is 0 Å². The van der Waals surface area contributed by atoms with Crippen molar-refractivity contribution in [2.75, 3.05) is 12.8 Å². The summed E-state index contributed by atoms with van der Waals surface area (Å²) < 4.78 is 4.72. The van der Waals surface area contributed by atoms with Crippen molar-refractivity contribution in [2.45, 2.75) is 0 Å². The molecule has 0 amide bonds. The summed E-state index contributed by atoms with van der Waals surface area (Å²) in [5.41, 5.74) is 7.92. The van der Waals surface area contributed by atoms with Gasteiger partial charge in [0.05, 0.1) is 18.2 Å². The fourth-order valence-electron chi connectivity index (χ4n) is 1.66. The van der Waals surface area contributed by atoms with E-state index in [2.05, 4.69) is 11.8 Å². The third kappa shape index (κ3) is 3.11. The summed E-state index contributed by atoms with van der Waals surface area (Å²) in [6.07, 6.45) is 0. The van der Waals surface area contributed by atoms with Gasteiger partial charge in [0, 0.05) is 16.3 Å². The number of hydrogen-bond donors (Lipinski definition) is 1. The van der Waals surface area contributed by atoms with E-state index in [0.29, 0.717) is 21.8 Å². The molecule has 0 saturated heterocycles. The molecule has 2 aromatic rings. The van der Waals surface area contributed by atoms with Crippen molar-refractivity contribution in [3.63, 3.8) is 0 Å². The second-order valence-corrected chi connectivity index (χ2v) is 4.45. The lowest BCUT2D eigenvalue weighted by Gasteiger charge is -2.04. The largest absolute Gasteiger partial charge is 0.465 e. The Kier molecular flexibility index (Phi) is 4.29. The number of methoxy groups -OCH3 is 1. The number of esters is 1. The van der Waals surface area contributed by atoms with E-state index >= 15 is 0 Å². The number of hydrogen-bond acceptors (Lipinski definition) is 3. The maximum absolute atomic E-state index is 11.7. The molecule has 4 heteroatoms. The lowest BCUT2D eigenvalue weighted by atomic mass is 10.1. The number of nitrogen functional groups attached to an aromatic ring is 1. The van der Waals surface area contributed by atoms with Crippen LogP contribution < -0.4 is 5.73 Å². The number of benzene rings is 2. The predicted octanol–water partition coefficient (Wildman–Crippen LogP) is 3.11. The van der Waals surface area contributed by atoms with Gasteiger partial charge >= 0.3 is 5.97 Å². The lowest BCUT2D eigenvalue weighted by Crippen LogP contribution is -2.06. The number of nitrogens with two attached hydrogens (primary N) is 1. The fourth-order valence-corrected chi connectivity index (χ4v) is 1.78. The zero-order valence-electron chi connectivity index (χ0n) is 10.8. The van der Waals surface area contributed by atoms with Crippen molar-refractivity contribution in [3.05, 3.63) is 64.2 Å². The molecule has 0 aliphatic heterocycles. The monoisotopic (exact) mass is 285 g/mol. The van der Waals surface area contributed by atoms with Gasteiger partial charge in [0.25, 0.3) is 0 Å². The molecule has 0 fully saturated rings. The van der Waals surface area contributed by atoms with Crippen molar-refractivity contribution in [1.82, 2.24) is 0 Å². The van der Waals surface area contributed by atoms with Crippen molar-refractivity contribution < 1.29 is 9.53 Å². The highest BCUT2D eigenvalue weighted by atomic mass is 35.5. The van der Waals surface area contributed by atoms with Crippen molar-refractivity contribution in [1.29, 1.82) is 0 Å². The van der Waals surface area contributed by atoms with Crippen LogP contribution in [0.2, 0.25) is 5.02 Å². The van der Waals surface area contributed by atoms with Crippen LogP contribution in [0.15, 0.2) is 42.5 Å². The van der Waals surface area contributed by atoms with E-state index in [-0.39, 0.29) is 0 Å². The van der Waals surface area contributed by atoms with Crippen LogP contribution in [0.1, 0.15) is 21.5 Å². The van der Waals surface area contributed by atoms with Crippen LogP contribution in [0.4, 0.5) is 5.69 Å². The van der Waals surface area contributed by atoms with E-state index in [1.54, 1.807) is 42.5 Å². The van der Waals surface area contributed by atoms with Gasteiger partial charge in [-0.05, 0) is 36.4 Å². The zero-order chi connectivity index (χ0) is 14.5. The van der Waals surface area contributed by atoms with Gasteiger partial charge in [-0.2, -0.15) is 0 Å². The highest BCUT2D eigenvalue weighted by molar-refractivity contribution is 6.30. The van der Waals surface area contributed by atoms with Gasteiger partial charge in [0.15, 0.2) is 0 Å². The lowest BCUT2D eigenvalue weighted by molar-refractivity contribution is 0.0600. The molecule has 0 spiro atoms. The smallest absolute Gasteiger partial charge is 0.339 e. The molecule has 20 heavy (non-hydrogen) atoms. The molecule has 2 aromatic carbocycles. The first-order chi connectivity index (χ1) is 9.61.